The number of ether oxygens (including phenoxy) is 1. The topological polar surface area (TPSA) is 82.4 Å². The van der Waals surface area contributed by atoms with E-state index in [0.29, 0.717) is 15.7 Å². The van der Waals surface area contributed by atoms with Crippen LogP contribution in [0.25, 0.3) is 6.08 Å². The van der Waals surface area contributed by atoms with E-state index in [9.17, 15) is 15.2 Å². The van der Waals surface area contributed by atoms with Gasteiger partial charge in [0.15, 0.2) is 11.5 Å². The third kappa shape index (κ3) is 4.61. The molecular formula is C19H17BrN2O3. The summed E-state index contributed by atoms with van der Waals surface area (Å²) in [7, 11) is 1.42. The van der Waals surface area contributed by atoms with Crippen LogP contribution in [0.1, 0.15) is 18.1 Å². The van der Waals surface area contributed by atoms with E-state index in [4.69, 9.17) is 4.74 Å². The molecule has 0 spiro atoms. The number of carbonyl (C=O) groups excluding carboxylic acids is 1. The van der Waals surface area contributed by atoms with Gasteiger partial charge in [-0.3, -0.25) is 4.79 Å². The van der Waals surface area contributed by atoms with Gasteiger partial charge in [0.1, 0.15) is 11.6 Å². The highest BCUT2D eigenvalue weighted by molar-refractivity contribution is 9.10. The summed E-state index contributed by atoms with van der Waals surface area (Å²) in [6.07, 6.45) is 2.22. The SMILES string of the molecule is CCc1ccc(NC(=O)/C(C#N)=C/c2cc(Br)cc(OC)c2O)cc1. The average Bonchev–Trinajstić information content (AvgIpc) is 2.62. The number of nitriles is 1. The molecule has 6 heteroatoms. The first-order valence-electron chi connectivity index (χ1n) is 7.57. The molecule has 2 rings (SSSR count). The fourth-order valence-corrected chi connectivity index (χ4v) is 2.64. The summed E-state index contributed by atoms with van der Waals surface area (Å²) in [5.41, 5.74) is 1.92. The van der Waals surface area contributed by atoms with Crippen LogP contribution in [0.5, 0.6) is 11.5 Å². The van der Waals surface area contributed by atoms with Crippen LogP contribution in [0.2, 0.25) is 0 Å². The fourth-order valence-electron chi connectivity index (χ4n) is 2.19. The van der Waals surface area contributed by atoms with E-state index in [2.05, 4.69) is 21.2 Å². The highest BCUT2D eigenvalue weighted by Crippen LogP contribution is 2.34. The number of nitrogens with one attached hydrogen (secondary N) is 1. The highest BCUT2D eigenvalue weighted by atomic mass is 79.9. The van der Waals surface area contributed by atoms with Gasteiger partial charge < -0.3 is 15.2 Å². The molecule has 0 aliphatic heterocycles. The largest absolute Gasteiger partial charge is 0.504 e. The van der Waals surface area contributed by atoms with E-state index in [0.717, 1.165) is 12.0 Å². The Bertz CT molecular complexity index is 852. The molecule has 0 aromatic heterocycles. The number of rotatable bonds is 5. The molecule has 0 heterocycles. The third-order valence-electron chi connectivity index (χ3n) is 3.57. The molecular weight excluding hydrogens is 384 g/mol. The van der Waals surface area contributed by atoms with Crippen LogP contribution in [-0.2, 0) is 11.2 Å². The fraction of sp³-hybridized carbons (Fsp3) is 0.158. The maximum atomic E-state index is 12.3. The zero-order chi connectivity index (χ0) is 18.4. The minimum Gasteiger partial charge on any atom is -0.504 e. The number of aryl methyl sites for hydroxylation is 1. The van der Waals surface area contributed by atoms with Crippen molar-refractivity contribution in [3.8, 4) is 17.6 Å². The monoisotopic (exact) mass is 400 g/mol. The predicted octanol–water partition coefficient (Wildman–Crippen LogP) is 4.27. The summed E-state index contributed by atoms with van der Waals surface area (Å²) in [5.74, 6) is -0.447. The van der Waals surface area contributed by atoms with Gasteiger partial charge in [-0.05, 0) is 42.3 Å². The number of methoxy groups -OCH3 is 1. The van der Waals surface area contributed by atoms with Gasteiger partial charge in [0.2, 0.25) is 0 Å². The summed E-state index contributed by atoms with van der Waals surface area (Å²) in [6, 6.07) is 12.4. The molecule has 0 aliphatic rings. The Morgan fingerprint density at radius 1 is 1.36 bits per heavy atom. The van der Waals surface area contributed by atoms with E-state index in [1.165, 1.54) is 13.2 Å². The van der Waals surface area contributed by atoms with Crippen LogP contribution in [0, 0.1) is 11.3 Å². The van der Waals surface area contributed by atoms with E-state index < -0.39 is 5.91 Å². The van der Waals surface area contributed by atoms with Crippen LogP contribution in [0.15, 0.2) is 46.4 Å². The van der Waals surface area contributed by atoms with Crippen LogP contribution >= 0.6 is 15.9 Å². The molecule has 2 aromatic rings. The number of halogens is 1. The maximum absolute atomic E-state index is 12.3. The number of hydrogen-bond acceptors (Lipinski definition) is 4. The lowest BCUT2D eigenvalue weighted by Gasteiger charge is -2.08. The summed E-state index contributed by atoms with van der Waals surface area (Å²) in [5, 5.41) is 22.1. The molecule has 25 heavy (non-hydrogen) atoms. The summed E-state index contributed by atoms with van der Waals surface area (Å²) >= 11 is 3.30. The molecule has 2 N–H and O–H groups in total. The van der Waals surface area contributed by atoms with Crippen molar-refractivity contribution >= 4 is 33.6 Å². The van der Waals surface area contributed by atoms with Gasteiger partial charge in [-0.2, -0.15) is 5.26 Å². The van der Waals surface area contributed by atoms with Crippen molar-refractivity contribution in [3.05, 3.63) is 57.6 Å². The van der Waals surface area contributed by atoms with Crippen molar-refractivity contribution in [1.82, 2.24) is 0 Å². The van der Waals surface area contributed by atoms with Gasteiger partial charge in [-0.25, -0.2) is 0 Å². The Hall–Kier alpha value is -2.78. The lowest BCUT2D eigenvalue weighted by molar-refractivity contribution is -0.112. The molecule has 128 valence electrons. The number of phenols is 1. The molecule has 0 atom stereocenters. The Morgan fingerprint density at radius 2 is 2.04 bits per heavy atom. The molecule has 0 saturated carbocycles. The quantitative estimate of drug-likeness (QED) is 0.579. The van der Waals surface area contributed by atoms with Crippen LogP contribution in [0.4, 0.5) is 5.69 Å². The lowest BCUT2D eigenvalue weighted by atomic mass is 10.1. The van der Waals surface area contributed by atoms with Gasteiger partial charge in [0.25, 0.3) is 5.91 Å². The number of benzene rings is 2. The van der Waals surface area contributed by atoms with Crippen molar-refractivity contribution in [3.63, 3.8) is 0 Å². The normalized spacial score (nSPS) is 10.9. The van der Waals surface area contributed by atoms with Crippen molar-refractivity contribution in [1.29, 1.82) is 5.26 Å². The van der Waals surface area contributed by atoms with Gasteiger partial charge in [-0.1, -0.05) is 35.0 Å². The molecule has 2 aromatic carbocycles. The predicted molar refractivity (Wildman–Crippen MR) is 100 cm³/mol. The molecule has 0 radical (unpaired) electrons. The number of anilines is 1. The molecule has 0 aliphatic carbocycles. The second-order valence-corrected chi connectivity index (χ2v) is 6.14. The van der Waals surface area contributed by atoms with Crippen LogP contribution in [-0.4, -0.2) is 18.1 Å². The van der Waals surface area contributed by atoms with E-state index in [-0.39, 0.29) is 17.1 Å². The number of nitrogens with zero attached hydrogens (tertiary/aromatic N) is 1. The van der Waals surface area contributed by atoms with E-state index in [1.807, 2.05) is 25.1 Å². The van der Waals surface area contributed by atoms with Crippen molar-refractivity contribution < 1.29 is 14.6 Å². The number of amides is 1. The molecule has 0 unspecified atom stereocenters. The molecule has 0 saturated heterocycles. The Kier molecular flexibility index (Phi) is 6.20. The summed E-state index contributed by atoms with van der Waals surface area (Å²) in [4.78, 5) is 12.3. The van der Waals surface area contributed by atoms with Gasteiger partial charge in [0, 0.05) is 15.7 Å². The first-order chi connectivity index (χ1) is 12.0. The number of phenolic OH excluding ortho intramolecular Hbond substituents is 1. The number of aromatic hydroxyl groups is 1. The second-order valence-electron chi connectivity index (χ2n) is 5.22. The van der Waals surface area contributed by atoms with E-state index in [1.54, 1.807) is 24.3 Å². The summed E-state index contributed by atoms with van der Waals surface area (Å²) in [6.45, 7) is 2.04. The highest BCUT2D eigenvalue weighted by Gasteiger charge is 2.13. The van der Waals surface area contributed by atoms with Gasteiger partial charge >= 0.3 is 0 Å². The smallest absolute Gasteiger partial charge is 0.266 e. The van der Waals surface area contributed by atoms with Crippen molar-refractivity contribution in [2.75, 3.05) is 12.4 Å². The van der Waals surface area contributed by atoms with Crippen molar-refractivity contribution in [2.45, 2.75) is 13.3 Å². The standard InChI is InChI=1S/C19H17BrN2O3/c1-3-12-4-6-16(7-5-12)22-19(24)14(11-21)8-13-9-15(20)10-17(25-2)18(13)23/h4-10,23H,3H2,1-2H3,(H,22,24)/b14-8+. The molecule has 0 bridgehead atoms. The third-order valence-corrected chi connectivity index (χ3v) is 4.03. The maximum Gasteiger partial charge on any atom is 0.266 e. The van der Waals surface area contributed by atoms with E-state index >= 15 is 0 Å². The number of hydrogen-bond donors (Lipinski definition) is 2. The minimum absolute atomic E-state index is 0.130. The number of carbonyl (C=O) groups is 1. The molecule has 0 fully saturated rings. The molecule has 1 amide bonds. The molecule has 5 nitrogen and oxygen atoms in total. The van der Waals surface area contributed by atoms with Gasteiger partial charge in [0.05, 0.1) is 7.11 Å². The Balaban J connectivity index is 2.29. The zero-order valence-electron chi connectivity index (χ0n) is 13.8. The first-order valence-corrected chi connectivity index (χ1v) is 8.36. The Labute approximate surface area is 154 Å². The first kappa shape index (κ1) is 18.6. The zero-order valence-corrected chi connectivity index (χ0v) is 15.4. The van der Waals surface area contributed by atoms with Gasteiger partial charge in [-0.15, -0.1) is 0 Å². The van der Waals surface area contributed by atoms with Crippen LogP contribution in [0.3, 0.4) is 0 Å². The summed E-state index contributed by atoms with van der Waals surface area (Å²) < 4.78 is 5.72. The second kappa shape index (κ2) is 8.36. The van der Waals surface area contributed by atoms with Crippen molar-refractivity contribution in [2.24, 2.45) is 0 Å². The average molecular weight is 401 g/mol. The Morgan fingerprint density at radius 3 is 2.60 bits per heavy atom. The lowest BCUT2D eigenvalue weighted by Crippen LogP contribution is -2.13. The van der Waals surface area contributed by atoms with Crippen LogP contribution < -0.4 is 10.1 Å². The minimum atomic E-state index is -0.551.